The molecule has 10 saturated carbocycles. The van der Waals surface area contributed by atoms with Crippen LogP contribution in [0.2, 0.25) is 0 Å². The van der Waals surface area contributed by atoms with Crippen molar-refractivity contribution in [1.29, 1.82) is 0 Å². The van der Waals surface area contributed by atoms with Crippen LogP contribution in [-0.2, 0) is 4.79 Å². The van der Waals surface area contributed by atoms with E-state index < -0.39 is 0 Å². The molecule has 10 aliphatic carbocycles. The molecule has 1 N–H and O–H groups in total. The minimum absolute atomic E-state index is 0.203. The van der Waals surface area contributed by atoms with Crippen LogP contribution in [0.5, 0.6) is 0 Å². The van der Waals surface area contributed by atoms with Gasteiger partial charge in [0.15, 0.2) is 0 Å². The van der Waals surface area contributed by atoms with Gasteiger partial charge in [0.25, 0.3) is 0 Å². The van der Waals surface area contributed by atoms with Gasteiger partial charge >= 0.3 is 5.97 Å². The summed E-state index contributed by atoms with van der Waals surface area (Å²) in [5, 5.41) is 10.6. The quantitative estimate of drug-likeness (QED) is 0.808. The summed E-state index contributed by atoms with van der Waals surface area (Å²) in [7, 11) is 0. The highest BCUT2D eigenvalue weighted by Crippen LogP contribution is 2.99. The van der Waals surface area contributed by atoms with Crippen molar-refractivity contribution in [2.75, 3.05) is 0 Å². The first-order valence-corrected chi connectivity index (χ1v) is 10.5. The minimum atomic E-state index is -0.308. The molecule has 0 spiro atoms. The van der Waals surface area contributed by atoms with Crippen LogP contribution in [0.15, 0.2) is 0 Å². The molecule has 23 heavy (non-hydrogen) atoms. The summed E-state index contributed by atoms with van der Waals surface area (Å²) < 4.78 is 0. The summed E-state index contributed by atoms with van der Waals surface area (Å²) >= 11 is 0. The Balaban J connectivity index is 1.46. The predicted octanol–water partition coefficient (Wildman–Crippen LogP) is 2.45. The van der Waals surface area contributed by atoms with Gasteiger partial charge < -0.3 is 5.11 Å². The number of carbonyl (C=O) groups is 1. The molecule has 0 aromatic carbocycles. The minimum Gasteiger partial charge on any atom is -0.481 e. The van der Waals surface area contributed by atoms with Crippen molar-refractivity contribution in [2.45, 2.75) is 12.8 Å². The lowest BCUT2D eigenvalue weighted by Crippen LogP contribution is -2.44. The van der Waals surface area contributed by atoms with E-state index in [0.717, 1.165) is 82.9 Å². The Labute approximate surface area is 135 Å². The second kappa shape index (κ2) is 2.38. The van der Waals surface area contributed by atoms with Crippen molar-refractivity contribution < 1.29 is 9.90 Å². The Morgan fingerprint density at radius 2 is 1.13 bits per heavy atom. The van der Waals surface area contributed by atoms with Gasteiger partial charge in [-0.05, 0) is 113 Å². The van der Waals surface area contributed by atoms with E-state index in [1.165, 1.54) is 12.8 Å². The van der Waals surface area contributed by atoms with E-state index in [0.29, 0.717) is 17.8 Å². The Hall–Kier alpha value is -0.530. The molecule has 10 rings (SSSR count). The van der Waals surface area contributed by atoms with Crippen molar-refractivity contribution in [1.82, 2.24) is 0 Å². The molecular weight excluding hydrogens is 284 g/mol. The van der Waals surface area contributed by atoms with E-state index in [-0.39, 0.29) is 11.4 Å². The zero-order valence-electron chi connectivity index (χ0n) is 13.1. The van der Waals surface area contributed by atoms with Crippen LogP contribution in [0.25, 0.3) is 0 Å². The average molecular weight is 306 g/mol. The average Bonchev–Trinajstić information content (AvgIpc) is 3.22. The van der Waals surface area contributed by atoms with Crippen molar-refractivity contribution in [2.24, 2.45) is 106 Å². The second-order valence-electron chi connectivity index (χ2n) is 11.7. The zero-order chi connectivity index (χ0) is 14.3. The third-order valence-electron chi connectivity index (χ3n) is 13.1. The molecule has 0 bridgehead atoms. The molecule has 118 valence electrons. The van der Waals surface area contributed by atoms with Gasteiger partial charge in [0, 0.05) is 0 Å². The maximum Gasteiger partial charge on any atom is 0.310 e. The molecule has 0 radical (unpaired) electrons. The van der Waals surface area contributed by atoms with E-state index in [9.17, 15) is 9.90 Å². The van der Waals surface area contributed by atoms with Crippen molar-refractivity contribution in [3.63, 3.8) is 0 Å². The highest BCUT2D eigenvalue weighted by molar-refractivity contribution is 5.80. The van der Waals surface area contributed by atoms with Crippen LogP contribution < -0.4 is 0 Å². The second-order valence-corrected chi connectivity index (χ2v) is 11.7. The van der Waals surface area contributed by atoms with Gasteiger partial charge in [0.05, 0.1) is 5.41 Å². The van der Waals surface area contributed by atoms with Gasteiger partial charge in [-0.15, -0.1) is 0 Å². The first-order chi connectivity index (χ1) is 11.3. The Kier molecular flexibility index (Phi) is 1.08. The first-order valence-electron chi connectivity index (χ1n) is 10.5. The van der Waals surface area contributed by atoms with Gasteiger partial charge in [0.1, 0.15) is 0 Å². The van der Waals surface area contributed by atoms with Gasteiger partial charge in [-0.1, -0.05) is 0 Å². The van der Waals surface area contributed by atoms with Crippen LogP contribution in [0.1, 0.15) is 12.8 Å². The van der Waals surface area contributed by atoms with Crippen molar-refractivity contribution in [3.8, 4) is 0 Å². The summed E-state index contributed by atoms with van der Waals surface area (Å²) in [6, 6.07) is 0. The van der Waals surface area contributed by atoms with E-state index in [1.807, 2.05) is 0 Å². The molecule has 4 unspecified atom stereocenters. The lowest BCUT2D eigenvalue weighted by atomic mass is 9.63. The number of carboxylic acid groups (broad SMARTS) is 1. The molecule has 0 saturated heterocycles. The summed E-state index contributed by atoms with van der Waals surface area (Å²) in [5.41, 5.74) is -0.203. The smallest absolute Gasteiger partial charge is 0.310 e. The highest BCUT2D eigenvalue weighted by atomic mass is 16.4. The molecule has 0 heterocycles. The molecule has 2 nitrogen and oxygen atoms in total. The number of hydrogen-bond acceptors (Lipinski definition) is 1. The lowest BCUT2D eigenvalue weighted by Gasteiger charge is -2.39. The lowest BCUT2D eigenvalue weighted by molar-refractivity contribution is -0.157. The maximum absolute atomic E-state index is 12.9. The summed E-state index contributed by atoms with van der Waals surface area (Å²) in [6.07, 6.45) is 2.96. The van der Waals surface area contributed by atoms with Crippen LogP contribution in [0, 0.1) is 106 Å². The Bertz CT molecular complexity index is 729. The molecular formula is C21H22O2. The SMILES string of the molecule is O=C(O)C12C3[C@@H]4C[C@@H]5C6C7[C@@H]8[C@@H]5[C@@H]4[C@@H]1[C@@H]8[C@@H]1[C@@H]7[C@H]4[C@H]([C@H]12)[C@H]3C[C@@H]64. The van der Waals surface area contributed by atoms with Gasteiger partial charge in [-0.2, -0.15) is 0 Å². The van der Waals surface area contributed by atoms with Crippen LogP contribution >= 0.6 is 0 Å². The Morgan fingerprint density at radius 3 is 1.65 bits per heavy atom. The van der Waals surface area contributed by atoms with E-state index in [4.69, 9.17) is 0 Å². The first kappa shape index (κ1) is 10.5. The largest absolute Gasteiger partial charge is 0.481 e. The molecule has 10 aliphatic rings. The van der Waals surface area contributed by atoms with E-state index in [1.54, 1.807) is 0 Å². The summed E-state index contributed by atoms with van der Waals surface area (Å²) in [4.78, 5) is 12.9. The zero-order valence-corrected chi connectivity index (χ0v) is 13.1. The van der Waals surface area contributed by atoms with Gasteiger partial charge in [0.2, 0.25) is 0 Å². The van der Waals surface area contributed by atoms with Crippen LogP contribution in [0.3, 0.4) is 0 Å². The third-order valence-corrected chi connectivity index (χ3v) is 13.1. The van der Waals surface area contributed by atoms with Crippen LogP contribution in [-0.4, -0.2) is 11.1 Å². The molecule has 0 amide bonds. The topological polar surface area (TPSA) is 37.3 Å². The molecule has 18 atom stereocenters. The van der Waals surface area contributed by atoms with Crippen LogP contribution in [0.4, 0.5) is 0 Å². The number of carboxylic acids is 1. The molecule has 10 fully saturated rings. The van der Waals surface area contributed by atoms with Gasteiger partial charge in [-0.3, -0.25) is 4.79 Å². The third kappa shape index (κ3) is 0.570. The maximum atomic E-state index is 12.9. The number of aliphatic carboxylic acids is 1. The number of rotatable bonds is 1. The fraction of sp³-hybridized carbons (Fsp3) is 0.952. The molecule has 0 aliphatic heterocycles. The van der Waals surface area contributed by atoms with Gasteiger partial charge in [-0.25, -0.2) is 0 Å². The molecule has 2 heteroatoms. The number of hydrogen-bond donors (Lipinski definition) is 1. The van der Waals surface area contributed by atoms with E-state index >= 15 is 0 Å². The standard InChI is InChI=1S/C21H22O2/c22-20(23)21-17-5-1-3-7-4-2-6(17)11-9(4)14-12(7)13-8(3)10(5)18(21)15(13)16(14)19(11)21/h3-19H,1-2H2,(H,22,23)/t3-,4+,5-,6-,7?,8+,9-,10-,11-,12?,13+,14-,15+,16+,17?,18-,19-,21?/m1/s1. The summed E-state index contributed by atoms with van der Waals surface area (Å²) in [6.45, 7) is 0. The molecule has 0 aromatic rings. The number of fused-ring (bicyclic) bond motifs is 4. The highest BCUT2D eigenvalue weighted by Gasteiger charge is 2.97. The molecule has 0 aromatic heterocycles. The Morgan fingerprint density at radius 1 is 0.609 bits per heavy atom. The summed E-state index contributed by atoms with van der Waals surface area (Å²) in [5.74, 6) is 15.3. The van der Waals surface area contributed by atoms with Crippen molar-refractivity contribution >= 4 is 5.97 Å². The monoisotopic (exact) mass is 306 g/mol. The normalized spacial score (nSPS) is 91.2. The van der Waals surface area contributed by atoms with Crippen molar-refractivity contribution in [3.05, 3.63) is 0 Å². The predicted molar refractivity (Wildman–Crippen MR) is 78.6 cm³/mol. The fourth-order valence-corrected chi connectivity index (χ4v) is 14.7. The fourth-order valence-electron chi connectivity index (χ4n) is 14.7. The van der Waals surface area contributed by atoms with E-state index in [2.05, 4.69) is 0 Å².